The summed E-state index contributed by atoms with van der Waals surface area (Å²) in [7, 11) is 0. The van der Waals surface area contributed by atoms with Gasteiger partial charge in [-0.25, -0.2) is 4.98 Å². The fourth-order valence-corrected chi connectivity index (χ4v) is 4.10. The normalized spacial score (nSPS) is 21.4. The quantitative estimate of drug-likeness (QED) is 0.850. The Balaban J connectivity index is 1.46. The van der Waals surface area contributed by atoms with Crippen molar-refractivity contribution in [1.29, 1.82) is 0 Å². The third-order valence-corrected chi connectivity index (χ3v) is 5.42. The number of amides is 1. The van der Waals surface area contributed by atoms with E-state index in [0.717, 1.165) is 42.8 Å². The van der Waals surface area contributed by atoms with E-state index in [2.05, 4.69) is 41.8 Å². The molecule has 2 atom stereocenters. The van der Waals surface area contributed by atoms with Crippen molar-refractivity contribution < 1.29 is 4.79 Å². The lowest BCUT2D eigenvalue weighted by molar-refractivity contribution is -0.125. The largest absolute Gasteiger partial charge is 0.356 e. The second-order valence-corrected chi connectivity index (χ2v) is 7.44. The van der Waals surface area contributed by atoms with Crippen LogP contribution in [0.25, 0.3) is 10.2 Å². The zero-order chi connectivity index (χ0) is 15.5. The Kier molecular flexibility index (Phi) is 4.77. The molecule has 1 radical (unpaired) electrons. The van der Waals surface area contributed by atoms with Crippen LogP contribution in [0.4, 0.5) is 0 Å². The average molecular weight is 315 g/mol. The van der Waals surface area contributed by atoms with E-state index in [-0.39, 0.29) is 11.8 Å². The van der Waals surface area contributed by atoms with Crippen LogP contribution in [0.15, 0.2) is 18.2 Å². The predicted molar refractivity (Wildman–Crippen MR) is 91.9 cm³/mol. The van der Waals surface area contributed by atoms with Gasteiger partial charge < -0.3 is 5.32 Å². The Morgan fingerprint density at radius 3 is 3.09 bits per heavy atom. The molecule has 0 aliphatic heterocycles. The Hall–Kier alpha value is -1.42. The lowest BCUT2D eigenvalue weighted by Crippen LogP contribution is -2.32. The molecule has 0 saturated heterocycles. The number of hydrogen-bond acceptors (Lipinski definition) is 3. The van der Waals surface area contributed by atoms with Gasteiger partial charge in [-0.2, -0.15) is 0 Å². The van der Waals surface area contributed by atoms with Crippen molar-refractivity contribution in [2.75, 3.05) is 6.54 Å². The zero-order valence-corrected chi connectivity index (χ0v) is 14.1. The lowest BCUT2D eigenvalue weighted by atomic mass is 9.97. The van der Waals surface area contributed by atoms with Gasteiger partial charge in [0.2, 0.25) is 5.91 Å². The molecule has 1 fully saturated rings. The first-order valence-electron chi connectivity index (χ1n) is 8.10. The van der Waals surface area contributed by atoms with Gasteiger partial charge in [-0.05, 0) is 62.6 Å². The van der Waals surface area contributed by atoms with Crippen molar-refractivity contribution in [2.45, 2.75) is 39.5 Å². The topological polar surface area (TPSA) is 42.0 Å². The molecule has 22 heavy (non-hydrogen) atoms. The van der Waals surface area contributed by atoms with Gasteiger partial charge in [0.1, 0.15) is 0 Å². The standard InChI is InChI=1S/C18H23N2OS/c1-12-5-3-7-15(12)18(21)19-10-4-6-14-8-9-16-17(11-14)22-13(2)20-16/h5,8-9,11-12,15H,3-4,6-7,10H2,1-2H3,(H,19,21). The summed E-state index contributed by atoms with van der Waals surface area (Å²) in [5.41, 5.74) is 2.42. The third-order valence-electron chi connectivity index (χ3n) is 4.49. The molecule has 4 heteroatoms. The van der Waals surface area contributed by atoms with E-state index < -0.39 is 0 Å². The molecule has 1 aliphatic rings. The molecule has 3 rings (SSSR count). The first-order chi connectivity index (χ1) is 10.6. The second-order valence-electron chi connectivity index (χ2n) is 6.21. The molecule has 1 heterocycles. The average Bonchev–Trinajstić information content (AvgIpc) is 3.07. The van der Waals surface area contributed by atoms with Gasteiger partial charge in [-0.1, -0.05) is 13.0 Å². The number of hydrogen-bond donors (Lipinski definition) is 1. The molecule has 117 valence electrons. The van der Waals surface area contributed by atoms with Crippen molar-refractivity contribution in [3.8, 4) is 0 Å². The number of carbonyl (C=O) groups is 1. The number of aromatic nitrogens is 1. The summed E-state index contributed by atoms with van der Waals surface area (Å²) in [6.07, 6.45) is 6.33. The number of aryl methyl sites for hydroxylation is 2. The first-order valence-corrected chi connectivity index (χ1v) is 8.92. The summed E-state index contributed by atoms with van der Waals surface area (Å²) in [6.45, 7) is 4.95. The van der Waals surface area contributed by atoms with Gasteiger partial charge in [0.15, 0.2) is 0 Å². The maximum absolute atomic E-state index is 12.1. The Morgan fingerprint density at radius 2 is 2.32 bits per heavy atom. The number of nitrogens with one attached hydrogen (secondary N) is 1. The molecule has 3 nitrogen and oxygen atoms in total. The molecular weight excluding hydrogens is 292 g/mol. The number of rotatable bonds is 5. The van der Waals surface area contributed by atoms with Crippen LogP contribution in [0, 0.1) is 25.2 Å². The van der Waals surface area contributed by atoms with Gasteiger partial charge >= 0.3 is 0 Å². The van der Waals surface area contributed by atoms with Crippen LogP contribution in [0.2, 0.25) is 0 Å². The van der Waals surface area contributed by atoms with Crippen molar-refractivity contribution in [2.24, 2.45) is 11.8 Å². The molecular formula is C18H23N2OS. The highest BCUT2D eigenvalue weighted by Crippen LogP contribution is 2.30. The molecule has 2 unspecified atom stereocenters. The molecule has 1 amide bonds. The molecule has 2 aromatic rings. The number of benzene rings is 1. The van der Waals surface area contributed by atoms with Crippen molar-refractivity contribution in [3.63, 3.8) is 0 Å². The highest BCUT2D eigenvalue weighted by Gasteiger charge is 2.29. The van der Waals surface area contributed by atoms with Gasteiger partial charge in [0.05, 0.1) is 15.2 Å². The van der Waals surface area contributed by atoms with Crippen molar-refractivity contribution in [3.05, 3.63) is 35.2 Å². The fourth-order valence-electron chi connectivity index (χ4n) is 3.21. The van der Waals surface area contributed by atoms with Crippen LogP contribution < -0.4 is 5.32 Å². The van der Waals surface area contributed by atoms with E-state index in [9.17, 15) is 4.79 Å². The minimum absolute atomic E-state index is 0.191. The van der Waals surface area contributed by atoms with E-state index in [1.807, 2.05) is 6.92 Å². The van der Waals surface area contributed by atoms with Crippen LogP contribution in [-0.2, 0) is 11.2 Å². The summed E-state index contributed by atoms with van der Waals surface area (Å²) in [5.74, 6) is 0.850. The van der Waals surface area contributed by atoms with E-state index in [0.29, 0.717) is 5.92 Å². The van der Waals surface area contributed by atoms with Crippen LogP contribution >= 0.6 is 11.3 Å². The summed E-state index contributed by atoms with van der Waals surface area (Å²) in [5, 5.41) is 4.21. The predicted octanol–water partition coefficient (Wildman–Crippen LogP) is 3.90. The summed E-state index contributed by atoms with van der Waals surface area (Å²) >= 11 is 1.74. The van der Waals surface area contributed by atoms with Gasteiger partial charge in [-0.15, -0.1) is 11.3 Å². The van der Waals surface area contributed by atoms with Crippen molar-refractivity contribution >= 4 is 27.5 Å². The summed E-state index contributed by atoms with van der Waals surface area (Å²) in [6, 6.07) is 6.48. The zero-order valence-electron chi connectivity index (χ0n) is 13.3. The number of carbonyl (C=O) groups excluding carboxylic acids is 1. The maximum Gasteiger partial charge on any atom is 0.223 e. The Morgan fingerprint density at radius 1 is 1.45 bits per heavy atom. The third kappa shape index (κ3) is 3.49. The highest BCUT2D eigenvalue weighted by molar-refractivity contribution is 7.18. The molecule has 1 aromatic carbocycles. The monoisotopic (exact) mass is 315 g/mol. The van der Waals surface area contributed by atoms with Gasteiger partial charge in [0.25, 0.3) is 0 Å². The van der Waals surface area contributed by atoms with Crippen LogP contribution in [0.3, 0.4) is 0 Å². The van der Waals surface area contributed by atoms with Crippen LogP contribution in [0.1, 0.15) is 36.8 Å². The Labute approximate surface area is 136 Å². The van der Waals surface area contributed by atoms with Gasteiger partial charge in [0, 0.05) is 12.5 Å². The molecule has 0 bridgehead atoms. The highest BCUT2D eigenvalue weighted by atomic mass is 32.1. The van der Waals surface area contributed by atoms with Gasteiger partial charge in [-0.3, -0.25) is 4.79 Å². The number of thiazole rings is 1. The number of nitrogens with zero attached hydrogens (tertiary/aromatic N) is 1. The molecule has 1 N–H and O–H groups in total. The van der Waals surface area contributed by atoms with Crippen LogP contribution in [0.5, 0.6) is 0 Å². The molecule has 0 spiro atoms. The smallest absolute Gasteiger partial charge is 0.223 e. The first kappa shape index (κ1) is 15.5. The summed E-state index contributed by atoms with van der Waals surface area (Å²) < 4.78 is 1.26. The minimum Gasteiger partial charge on any atom is -0.356 e. The SMILES string of the molecule is Cc1nc2ccc(CCCNC(=O)C3CC[CH]C3C)cc2s1. The summed E-state index contributed by atoms with van der Waals surface area (Å²) in [4.78, 5) is 16.6. The van der Waals surface area contributed by atoms with Crippen LogP contribution in [-0.4, -0.2) is 17.4 Å². The fraction of sp³-hybridized carbons (Fsp3) is 0.500. The lowest BCUT2D eigenvalue weighted by Gasteiger charge is -2.14. The van der Waals surface area contributed by atoms with E-state index in [1.54, 1.807) is 11.3 Å². The molecule has 1 saturated carbocycles. The van der Waals surface area contributed by atoms with E-state index in [1.165, 1.54) is 10.3 Å². The van der Waals surface area contributed by atoms with E-state index >= 15 is 0 Å². The minimum atomic E-state index is 0.191. The second kappa shape index (κ2) is 6.78. The maximum atomic E-state index is 12.1. The molecule has 1 aliphatic carbocycles. The number of fused-ring (bicyclic) bond motifs is 1. The van der Waals surface area contributed by atoms with Crippen molar-refractivity contribution in [1.82, 2.24) is 10.3 Å². The Bertz CT molecular complexity index is 664. The molecule has 1 aromatic heterocycles. The van der Waals surface area contributed by atoms with E-state index in [4.69, 9.17) is 0 Å².